The maximum Gasteiger partial charge on any atom is 0.354 e. The minimum absolute atomic E-state index is 0.0185. The van der Waals surface area contributed by atoms with Crippen LogP contribution in [0.3, 0.4) is 0 Å². The number of hydrogen-bond donors (Lipinski definition) is 3. The van der Waals surface area contributed by atoms with E-state index in [0.717, 1.165) is 25.0 Å². The first-order valence-electron chi connectivity index (χ1n) is 6.49. The van der Waals surface area contributed by atoms with Gasteiger partial charge in [-0.15, -0.1) is 0 Å². The predicted octanol–water partition coefficient (Wildman–Crippen LogP) is 1.76. The average molecular weight is 298 g/mol. The topological polar surface area (TPSA) is 119 Å². The lowest BCUT2D eigenvalue weighted by molar-refractivity contribution is -0.383. The molecule has 0 radical (unpaired) electrons. The van der Waals surface area contributed by atoms with E-state index >= 15 is 0 Å². The van der Waals surface area contributed by atoms with Crippen LogP contribution in [-0.4, -0.2) is 31.9 Å². The van der Waals surface area contributed by atoms with Crippen LogP contribution in [0, 0.1) is 10.1 Å². The van der Waals surface area contributed by atoms with Crippen LogP contribution in [0.4, 0.5) is 17.3 Å². The number of aromatic nitrogens is 2. The van der Waals surface area contributed by atoms with Crippen molar-refractivity contribution in [3.05, 3.63) is 16.4 Å². The standard InChI is InChI=1S/C11H18N6O2S/c1-2-20-8-4-3-7(5-8)15-10-9(17(18)19)11(16-12)14-6-13-10/h6-8H,2-5,12H2,1H3,(H2,13,14,15,16). The maximum absolute atomic E-state index is 11.1. The van der Waals surface area contributed by atoms with Gasteiger partial charge in [0.2, 0.25) is 11.6 Å². The molecular weight excluding hydrogens is 280 g/mol. The number of hydrogen-bond acceptors (Lipinski definition) is 8. The number of hydrazine groups is 1. The Hall–Kier alpha value is -1.61. The Balaban J connectivity index is 2.12. The second-order valence-electron chi connectivity index (χ2n) is 4.55. The minimum atomic E-state index is -0.523. The Morgan fingerprint density at radius 2 is 2.25 bits per heavy atom. The molecule has 1 saturated carbocycles. The van der Waals surface area contributed by atoms with E-state index in [1.54, 1.807) is 0 Å². The summed E-state index contributed by atoms with van der Waals surface area (Å²) in [6.07, 6.45) is 4.37. The molecule has 110 valence electrons. The maximum atomic E-state index is 11.1. The van der Waals surface area contributed by atoms with E-state index < -0.39 is 4.92 Å². The highest BCUT2D eigenvalue weighted by atomic mass is 32.2. The van der Waals surface area contributed by atoms with Crippen molar-refractivity contribution < 1.29 is 4.92 Å². The average Bonchev–Trinajstić information content (AvgIpc) is 2.86. The van der Waals surface area contributed by atoms with Crippen molar-refractivity contribution in [3.8, 4) is 0 Å². The van der Waals surface area contributed by atoms with Gasteiger partial charge in [0.15, 0.2) is 0 Å². The van der Waals surface area contributed by atoms with Crippen LogP contribution in [0.15, 0.2) is 6.33 Å². The van der Waals surface area contributed by atoms with Crippen molar-refractivity contribution in [2.24, 2.45) is 5.84 Å². The van der Waals surface area contributed by atoms with Gasteiger partial charge in [-0.1, -0.05) is 6.92 Å². The van der Waals surface area contributed by atoms with Crippen molar-refractivity contribution >= 4 is 29.1 Å². The molecule has 0 aromatic carbocycles. The molecule has 0 amide bonds. The van der Waals surface area contributed by atoms with Crippen LogP contribution in [0.25, 0.3) is 0 Å². The van der Waals surface area contributed by atoms with Crippen LogP contribution in [-0.2, 0) is 0 Å². The molecule has 2 rings (SSSR count). The highest BCUT2D eigenvalue weighted by Crippen LogP contribution is 2.34. The Morgan fingerprint density at radius 3 is 2.90 bits per heavy atom. The molecule has 1 aliphatic rings. The Labute approximate surface area is 121 Å². The smallest absolute Gasteiger partial charge is 0.354 e. The van der Waals surface area contributed by atoms with Crippen LogP contribution in [0.2, 0.25) is 0 Å². The molecule has 4 N–H and O–H groups in total. The molecular formula is C11H18N6O2S. The quantitative estimate of drug-likeness (QED) is 0.413. The van der Waals surface area contributed by atoms with Gasteiger partial charge in [0.05, 0.1) is 4.92 Å². The lowest BCUT2D eigenvalue weighted by Crippen LogP contribution is -2.19. The van der Waals surface area contributed by atoms with E-state index in [4.69, 9.17) is 5.84 Å². The number of nitro groups is 1. The molecule has 0 bridgehead atoms. The molecule has 0 aliphatic heterocycles. The Morgan fingerprint density at radius 1 is 1.50 bits per heavy atom. The molecule has 2 unspecified atom stereocenters. The SMILES string of the molecule is CCSC1CCC(Nc2ncnc(NN)c2[N+](=O)[O-])C1. The Kier molecular flexibility index (Phi) is 4.96. The number of rotatable bonds is 6. The largest absolute Gasteiger partial charge is 0.361 e. The van der Waals surface area contributed by atoms with E-state index in [2.05, 4.69) is 27.6 Å². The molecule has 8 nitrogen and oxygen atoms in total. The van der Waals surface area contributed by atoms with Gasteiger partial charge in [-0.05, 0) is 25.0 Å². The van der Waals surface area contributed by atoms with Crippen molar-refractivity contribution in [1.29, 1.82) is 0 Å². The van der Waals surface area contributed by atoms with Crippen LogP contribution < -0.4 is 16.6 Å². The van der Waals surface area contributed by atoms with Crippen molar-refractivity contribution in [1.82, 2.24) is 9.97 Å². The summed E-state index contributed by atoms with van der Waals surface area (Å²) < 4.78 is 0. The van der Waals surface area contributed by atoms with Gasteiger partial charge >= 0.3 is 5.69 Å². The van der Waals surface area contributed by atoms with Gasteiger partial charge in [-0.2, -0.15) is 11.8 Å². The number of nitrogens with one attached hydrogen (secondary N) is 2. The fourth-order valence-corrected chi connectivity index (χ4v) is 3.56. The second kappa shape index (κ2) is 6.71. The molecule has 20 heavy (non-hydrogen) atoms. The highest BCUT2D eigenvalue weighted by molar-refractivity contribution is 7.99. The molecule has 0 saturated heterocycles. The lowest BCUT2D eigenvalue weighted by Gasteiger charge is -2.14. The third-order valence-corrected chi connectivity index (χ3v) is 4.50. The van der Waals surface area contributed by atoms with Gasteiger partial charge in [0.25, 0.3) is 0 Å². The fourth-order valence-electron chi connectivity index (χ4n) is 2.41. The third-order valence-electron chi connectivity index (χ3n) is 3.27. The number of thioether (sulfide) groups is 1. The zero-order valence-corrected chi connectivity index (χ0v) is 12.0. The molecule has 1 heterocycles. The van der Waals surface area contributed by atoms with Crippen molar-refractivity contribution in [2.45, 2.75) is 37.5 Å². The Bertz CT molecular complexity index is 486. The van der Waals surface area contributed by atoms with E-state index in [1.165, 1.54) is 6.33 Å². The number of anilines is 2. The van der Waals surface area contributed by atoms with Crippen LogP contribution >= 0.6 is 11.8 Å². The van der Waals surface area contributed by atoms with Gasteiger partial charge in [-0.3, -0.25) is 10.1 Å². The highest BCUT2D eigenvalue weighted by Gasteiger charge is 2.29. The van der Waals surface area contributed by atoms with E-state index in [9.17, 15) is 10.1 Å². The molecule has 1 aliphatic carbocycles. The molecule has 2 atom stereocenters. The predicted molar refractivity (Wildman–Crippen MR) is 79.7 cm³/mol. The fraction of sp³-hybridized carbons (Fsp3) is 0.636. The molecule has 1 aromatic heterocycles. The van der Waals surface area contributed by atoms with Crippen molar-refractivity contribution in [3.63, 3.8) is 0 Å². The number of nitrogens with zero attached hydrogens (tertiary/aromatic N) is 3. The van der Waals surface area contributed by atoms with Crippen LogP contribution in [0.5, 0.6) is 0 Å². The summed E-state index contributed by atoms with van der Waals surface area (Å²) in [5.74, 6) is 6.59. The molecule has 1 fully saturated rings. The van der Waals surface area contributed by atoms with E-state index in [-0.39, 0.29) is 23.4 Å². The van der Waals surface area contributed by atoms with Gasteiger partial charge in [-0.25, -0.2) is 15.8 Å². The van der Waals surface area contributed by atoms with E-state index in [0.29, 0.717) is 5.25 Å². The monoisotopic (exact) mass is 298 g/mol. The summed E-state index contributed by atoms with van der Waals surface area (Å²) in [4.78, 5) is 18.3. The summed E-state index contributed by atoms with van der Waals surface area (Å²) in [6.45, 7) is 2.14. The van der Waals surface area contributed by atoms with Gasteiger partial charge in [0.1, 0.15) is 6.33 Å². The summed E-state index contributed by atoms with van der Waals surface area (Å²) in [6, 6.07) is 0.207. The summed E-state index contributed by atoms with van der Waals surface area (Å²) in [5, 5.41) is 14.9. The summed E-state index contributed by atoms with van der Waals surface area (Å²) in [5.41, 5.74) is 2.03. The first kappa shape index (κ1) is 14.8. The minimum Gasteiger partial charge on any atom is -0.361 e. The van der Waals surface area contributed by atoms with Gasteiger partial charge < -0.3 is 10.7 Å². The first-order valence-corrected chi connectivity index (χ1v) is 7.54. The van der Waals surface area contributed by atoms with Gasteiger partial charge in [0, 0.05) is 11.3 Å². The lowest BCUT2D eigenvalue weighted by atomic mass is 10.2. The zero-order chi connectivity index (χ0) is 14.5. The normalized spacial score (nSPS) is 21.7. The van der Waals surface area contributed by atoms with Crippen LogP contribution in [0.1, 0.15) is 26.2 Å². The third kappa shape index (κ3) is 3.28. The second-order valence-corrected chi connectivity index (χ2v) is 6.13. The summed E-state index contributed by atoms with van der Waals surface area (Å²) in [7, 11) is 0. The zero-order valence-electron chi connectivity index (χ0n) is 11.2. The number of nitrogen functional groups attached to an aromatic ring is 1. The number of nitrogens with two attached hydrogens (primary N) is 1. The van der Waals surface area contributed by atoms with Crippen molar-refractivity contribution in [2.75, 3.05) is 16.5 Å². The first-order chi connectivity index (χ1) is 9.65. The molecule has 0 spiro atoms. The summed E-state index contributed by atoms with van der Waals surface area (Å²) >= 11 is 1.93. The molecule has 9 heteroatoms. The van der Waals surface area contributed by atoms with E-state index in [1.807, 2.05) is 11.8 Å². The molecule has 1 aromatic rings.